The molecule has 0 bridgehead atoms. The van der Waals surface area contributed by atoms with Crippen LogP contribution in [0.25, 0.3) is 0 Å². The van der Waals surface area contributed by atoms with Crippen molar-refractivity contribution in [1.82, 2.24) is 0 Å². The minimum Gasteiger partial charge on any atom is -0.454 e. The maximum absolute atomic E-state index is 12.0. The number of fused-ring (bicyclic) bond motifs is 1. The summed E-state index contributed by atoms with van der Waals surface area (Å²) in [6.07, 6.45) is 2.63. The Bertz CT molecular complexity index is 808. The molecule has 1 heterocycles. The van der Waals surface area contributed by atoms with Gasteiger partial charge in [-0.25, -0.2) is 0 Å². The van der Waals surface area contributed by atoms with Crippen molar-refractivity contribution in [3.63, 3.8) is 0 Å². The summed E-state index contributed by atoms with van der Waals surface area (Å²) in [4.78, 5) is 12.0. The van der Waals surface area contributed by atoms with Gasteiger partial charge < -0.3 is 15.8 Å². The predicted octanol–water partition coefficient (Wildman–Crippen LogP) is 4.64. The zero-order valence-corrected chi connectivity index (χ0v) is 13.7. The van der Waals surface area contributed by atoms with Gasteiger partial charge in [0.2, 0.25) is 5.91 Å². The summed E-state index contributed by atoms with van der Waals surface area (Å²) in [5.74, 6) is 1.14. The molecule has 0 atom stereocenters. The fourth-order valence-electron chi connectivity index (χ4n) is 2.95. The van der Waals surface area contributed by atoms with Crippen molar-refractivity contribution in [2.75, 3.05) is 11.1 Å². The second-order valence-electron chi connectivity index (χ2n) is 6.15. The first kappa shape index (κ1) is 14.7. The molecule has 2 aromatic carbocycles. The van der Waals surface area contributed by atoms with Crippen molar-refractivity contribution in [2.45, 2.75) is 19.3 Å². The lowest BCUT2D eigenvalue weighted by Gasteiger charge is -2.24. The monoisotopic (exact) mass is 348 g/mol. The molecule has 2 aromatic rings. The first-order valence-electron chi connectivity index (χ1n) is 7.34. The Morgan fingerprint density at radius 3 is 2.48 bits per heavy atom. The molecule has 1 aliphatic carbocycles. The molecule has 1 aliphatic heterocycles. The van der Waals surface area contributed by atoms with Crippen molar-refractivity contribution >= 4 is 40.5 Å². The molecule has 1 saturated carbocycles. The second kappa shape index (κ2) is 5.05. The lowest BCUT2D eigenvalue weighted by molar-refractivity contribution is -0.121. The zero-order chi connectivity index (χ0) is 16.2. The largest absolute Gasteiger partial charge is 0.454 e. The number of amides is 1. The van der Waals surface area contributed by atoms with Crippen LogP contribution in [0.2, 0.25) is 10.0 Å². The first-order chi connectivity index (χ1) is 11.0. The molecule has 1 amide bonds. The van der Waals surface area contributed by atoms with Gasteiger partial charge in [0.25, 0.3) is 0 Å². The lowest BCUT2D eigenvalue weighted by atomic mass is 9.90. The maximum atomic E-state index is 12.0. The Morgan fingerprint density at radius 1 is 1.13 bits per heavy atom. The Labute approximate surface area is 143 Å². The van der Waals surface area contributed by atoms with Crippen LogP contribution in [0.3, 0.4) is 0 Å². The van der Waals surface area contributed by atoms with E-state index in [1.807, 2.05) is 12.1 Å². The summed E-state index contributed by atoms with van der Waals surface area (Å²) in [7, 11) is 0. The van der Waals surface area contributed by atoms with Crippen LogP contribution in [0, 0.1) is 5.41 Å². The molecule has 0 radical (unpaired) electrons. The van der Waals surface area contributed by atoms with Crippen molar-refractivity contribution in [2.24, 2.45) is 5.41 Å². The Balaban J connectivity index is 1.66. The highest BCUT2D eigenvalue weighted by molar-refractivity contribution is 6.37. The molecule has 0 saturated heterocycles. The molecule has 6 heteroatoms. The van der Waals surface area contributed by atoms with Crippen LogP contribution in [-0.2, 0) is 11.2 Å². The fraction of sp³-hybridized carbons (Fsp3) is 0.235. The lowest BCUT2D eigenvalue weighted by Crippen LogP contribution is -2.31. The summed E-state index contributed by atoms with van der Waals surface area (Å²) in [5.41, 5.74) is 7.89. The third-order valence-corrected chi connectivity index (χ3v) is 4.99. The van der Waals surface area contributed by atoms with Gasteiger partial charge in [0.05, 0.1) is 15.5 Å². The van der Waals surface area contributed by atoms with E-state index in [1.165, 1.54) is 0 Å². The van der Waals surface area contributed by atoms with Crippen LogP contribution in [0.4, 0.5) is 11.4 Å². The number of hydrogen-bond donors (Lipinski definition) is 2. The van der Waals surface area contributed by atoms with E-state index in [2.05, 4.69) is 5.32 Å². The van der Waals surface area contributed by atoms with Gasteiger partial charge in [0, 0.05) is 11.4 Å². The van der Waals surface area contributed by atoms with Crippen LogP contribution in [0.15, 0.2) is 30.3 Å². The molecule has 2 aliphatic rings. The van der Waals surface area contributed by atoms with Gasteiger partial charge >= 0.3 is 0 Å². The Morgan fingerprint density at radius 2 is 1.83 bits per heavy atom. The molecule has 0 aromatic heterocycles. The number of anilines is 2. The number of nitrogens with one attached hydrogen (secondary N) is 1. The number of hydrogen-bond acceptors (Lipinski definition) is 3. The van der Waals surface area contributed by atoms with Gasteiger partial charge in [-0.3, -0.25) is 4.79 Å². The van der Waals surface area contributed by atoms with Gasteiger partial charge in [0.1, 0.15) is 5.75 Å². The fourth-order valence-corrected chi connectivity index (χ4v) is 3.53. The molecule has 118 valence electrons. The van der Waals surface area contributed by atoms with Crippen LogP contribution in [0.5, 0.6) is 11.5 Å². The predicted molar refractivity (Wildman–Crippen MR) is 91.4 cm³/mol. The standard InChI is InChI=1S/C17H14Cl2N2O2/c18-12-6-10(20)7-13(19)15(12)23-11-1-2-14-9(5-11)8-17(3-4-17)16(22)21-14/h1-2,5-7H,3-4,8,20H2,(H,21,22). The van der Waals surface area contributed by atoms with Crippen molar-refractivity contribution in [3.05, 3.63) is 45.9 Å². The highest BCUT2D eigenvalue weighted by atomic mass is 35.5. The molecule has 23 heavy (non-hydrogen) atoms. The Kier molecular flexibility index (Phi) is 3.22. The molecule has 0 unspecified atom stereocenters. The van der Waals surface area contributed by atoms with E-state index in [0.29, 0.717) is 27.2 Å². The van der Waals surface area contributed by atoms with E-state index < -0.39 is 0 Å². The van der Waals surface area contributed by atoms with E-state index in [1.54, 1.807) is 18.2 Å². The number of rotatable bonds is 2. The molecule has 1 spiro atoms. The molecular weight excluding hydrogens is 335 g/mol. The highest BCUT2D eigenvalue weighted by Crippen LogP contribution is 2.53. The van der Waals surface area contributed by atoms with E-state index in [4.69, 9.17) is 33.7 Å². The number of benzene rings is 2. The van der Waals surface area contributed by atoms with Crippen molar-refractivity contribution in [3.8, 4) is 11.5 Å². The van der Waals surface area contributed by atoms with Crippen LogP contribution in [0.1, 0.15) is 18.4 Å². The molecule has 1 fully saturated rings. The quantitative estimate of drug-likeness (QED) is 0.776. The van der Waals surface area contributed by atoms with E-state index in [0.717, 1.165) is 30.5 Å². The maximum Gasteiger partial charge on any atom is 0.230 e. The second-order valence-corrected chi connectivity index (χ2v) is 6.96. The van der Waals surface area contributed by atoms with Crippen molar-refractivity contribution < 1.29 is 9.53 Å². The van der Waals surface area contributed by atoms with Crippen LogP contribution >= 0.6 is 23.2 Å². The smallest absolute Gasteiger partial charge is 0.230 e. The molecular formula is C17H14Cl2N2O2. The van der Waals surface area contributed by atoms with Gasteiger partial charge in [0.15, 0.2) is 5.75 Å². The van der Waals surface area contributed by atoms with Gasteiger partial charge in [-0.1, -0.05) is 23.2 Å². The minimum absolute atomic E-state index is 0.128. The summed E-state index contributed by atoms with van der Waals surface area (Å²) in [6.45, 7) is 0. The van der Waals surface area contributed by atoms with Gasteiger partial charge in [-0.05, 0) is 55.2 Å². The summed E-state index contributed by atoms with van der Waals surface area (Å²) >= 11 is 12.3. The number of carbonyl (C=O) groups is 1. The SMILES string of the molecule is Nc1cc(Cl)c(Oc2ccc3c(c2)CC2(CC2)C(=O)N3)c(Cl)c1. The Hall–Kier alpha value is -1.91. The number of carbonyl (C=O) groups excluding carboxylic acids is 1. The summed E-state index contributed by atoms with van der Waals surface area (Å²) in [6, 6.07) is 8.75. The normalized spacial score (nSPS) is 17.6. The topological polar surface area (TPSA) is 64.3 Å². The molecule has 3 N–H and O–H groups in total. The summed E-state index contributed by atoms with van der Waals surface area (Å²) < 4.78 is 5.84. The molecule has 4 rings (SSSR count). The average molecular weight is 349 g/mol. The first-order valence-corrected chi connectivity index (χ1v) is 8.09. The third kappa shape index (κ3) is 2.52. The van der Waals surface area contributed by atoms with Gasteiger partial charge in [-0.15, -0.1) is 0 Å². The number of nitrogens with two attached hydrogens (primary N) is 1. The van der Waals surface area contributed by atoms with Crippen molar-refractivity contribution in [1.29, 1.82) is 0 Å². The average Bonchev–Trinajstić information content (AvgIpc) is 3.25. The van der Waals surface area contributed by atoms with E-state index >= 15 is 0 Å². The van der Waals surface area contributed by atoms with Crippen LogP contribution in [-0.4, -0.2) is 5.91 Å². The number of nitrogen functional groups attached to an aromatic ring is 1. The van der Waals surface area contributed by atoms with E-state index in [-0.39, 0.29) is 11.3 Å². The van der Waals surface area contributed by atoms with E-state index in [9.17, 15) is 4.79 Å². The number of ether oxygens (including phenoxy) is 1. The summed E-state index contributed by atoms with van der Waals surface area (Å²) in [5, 5.41) is 3.69. The molecule has 4 nitrogen and oxygen atoms in total. The third-order valence-electron chi connectivity index (χ3n) is 4.43. The zero-order valence-electron chi connectivity index (χ0n) is 12.2. The van der Waals surface area contributed by atoms with Crippen LogP contribution < -0.4 is 15.8 Å². The number of halogens is 2. The highest BCUT2D eigenvalue weighted by Gasteiger charge is 2.52. The minimum atomic E-state index is -0.206. The van der Waals surface area contributed by atoms with Gasteiger partial charge in [-0.2, -0.15) is 0 Å².